The molecule has 2 aromatic rings. The Kier molecular flexibility index (Phi) is 4.23. The van der Waals surface area contributed by atoms with E-state index in [0.29, 0.717) is 23.1 Å². The fraction of sp³-hybridized carbons (Fsp3) is 0.308. The van der Waals surface area contributed by atoms with Gasteiger partial charge in [-0.05, 0) is 25.5 Å². The lowest BCUT2D eigenvalue weighted by atomic mass is 10.1. The van der Waals surface area contributed by atoms with Gasteiger partial charge >= 0.3 is 6.18 Å². The summed E-state index contributed by atoms with van der Waals surface area (Å²) in [6.45, 7) is 3.20. The molecule has 0 saturated carbocycles. The zero-order valence-corrected chi connectivity index (χ0v) is 12.3. The van der Waals surface area contributed by atoms with Crippen LogP contribution in [0.4, 0.5) is 17.6 Å². The van der Waals surface area contributed by atoms with E-state index in [0.717, 1.165) is 4.57 Å². The lowest BCUT2D eigenvalue weighted by Crippen LogP contribution is -2.29. The third kappa shape index (κ3) is 3.11. The van der Waals surface area contributed by atoms with Crippen LogP contribution < -0.4 is 5.56 Å². The Labute approximate surface area is 127 Å². The lowest BCUT2D eigenvalue weighted by Gasteiger charge is -2.12. The lowest BCUT2D eigenvalue weighted by molar-refractivity contribution is -0.144. The van der Waals surface area contributed by atoms with E-state index in [4.69, 9.17) is 11.6 Å². The third-order valence-corrected chi connectivity index (χ3v) is 3.32. The van der Waals surface area contributed by atoms with E-state index in [2.05, 4.69) is 9.97 Å². The van der Waals surface area contributed by atoms with E-state index in [1.807, 2.05) is 0 Å². The van der Waals surface area contributed by atoms with Crippen LogP contribution in [0.2, 0.25) is 5.15 Å². The molecule has 0 spiro atoms. The normalized spacial score (nSPS) is 11.8. The van der Waals surface area contributed by atoms with Crippen LogP contribution in [0.1, 0.15) is 22.5 Å². The Morgan fingerprint density at radius 3 is 2.50 bits per heavy atom. The maximum Gasteiger partial charge on any atom is 0.436 e. The molecule has 0 N–H and O–H groups in total. The smallest absolute Gasteiger partial charge is 0.292 e. The molecule has 0 fully saturated rings. The van der Waals surface area contributed by atoms with Crippen molar-refractivity contribution in [2.45, 2.75) is 26.6 Å². The van der Waals surface area contributed by atoms with Crippen LogP contribution in [0, 0.1) is 19.7 Å². The first-order chi connectivity index (χ1) is 10.1. The van der Waals surface area contributed by atoms with Gasteiger partial charge < -0.3 is 0 Å². The maximum atomic E-state index is 13.6. The molecule has 9 heteroatoms. The van der Waals surface area contributed by atoms with Gasteiger partial charge in [-0.2, -0.15) is 17.6 Å². The second-order valence-corrected chi connectivity index (χ2v) is 5.05. The summed E-state index contributed by atoms with van der Waals surface area (Å²) < 4.78 is 51.7. The molecule has 118 valence electrons. The standard InChI is InChI=1S/C13H10ClF4N3O/c1-6-3-7(2)20-11(14)8(6)4-21-5-19-10(13(16,17)18)9(15)12(21)22/h3,5H,4H2,1-2H3. The van der Waals surface area contributed by atoms with E-state index in [1.54, 1.807) is 19.9 Å². The van der Waals surface area contributed by atoms with Crippen LogP contribution in [0.15, 0.2) is 17.2 Å². The highest BCUT2D eigenvalue weighted by molar-refractivity contribution is 6.30. The highest BCUT2D eigenvalue weighted by Gasteiger charge is 2.37. The second kappa shape index (κ2) is 5.68. The molecular formula is C13H10ClF4N3O. The number of rotatable bonds is 2. The second-order valence-electron chi connectivity index (χ2n) is 4.69. The Bertz CT molecular complexity index is 763. The highest BCUT2D eigenvalue weighted by Crippen LogP contribution is 2.28. The summed E-state index contributed by atoms with van der Waals surface area (Å²) in [6.07, 6.45) is -4.38. The van der Waals surface area contributed by atoms with E-state index < -0.39 is 23.2 Å². The number of hydrogen-bond acceptors (Lipinski definition) is 3. The van der Waals surface area contributed by atoms with Crippen molar-refractivity contribution in [1.82, 2.24) is 14.5 Å². The quantitative estimate of drug-likeness (QED) is 0.626. The monoisotopic (exact) mass is 335 g/mol. The van der Waals surface area contributed by atoms with Gasteiger partial charge in [0, 0.05) is 11.3 Å². The number of aryl methyl sites for hydroxylation is 2. The van der Waals surface area contributed by atoms with E-state index in [1.165, 1.54) is 0 Å². The predicted molar refractivity (Wildman–Crippen MR) is 71.3 cm³/mol. The van der Waals surface area contributed by atoms with E-state index >= 15 is 0 Å². The molecule has 0 unspecified atom stereocenters. The molecule has 0 radical (unpaired) electrons. The molecule has 0 saturated heterocycles. The molecule has 0 aliphatic rings. The van der Waals surface area contributed by atoms with Crippen LogP contribution in [-0.2, 0) is 12.7 Å². The van der Waals surface area contributed by atoms with Crippen LogP contribution in [0.25, 0.3) is 0 Å². The van der Waals surface area contributed by atoms with Gasteiger partial charge in [-0.25, -0.2) is 9.97 Å². The molecule has 0 atom stereocenters. The SMILES string of the molecule is Cc1cc(C)c(Cn2cnc(C(F)(F)F)c(F)c2=O)c(Cl)n1. The number of aromatic nitrogens is 3. The number of halogens is 5. The highest BCUT2D eigenvalue weighted by atomic mass is 35.5. The molecule has 0 bridgehead atoms. The summed E-state index contributed by atoms with van der Waals surface area (Å²) in [4.78, 5) is 18.7. The summed E-state index contributed by atoms with van der Waals surface area (Å²) in [5.74, 6) is -1.94. The van der Waals surface area contributed by atoms with Crippen LogP contribution in [0.5, 0.6) is 0 Å². The van der Waals surface area contributed by atoms with Crippen molar-refractivity contribution in [2.24, 2.45) is 0 Å². The van der Waals surface area contributed by atoms with Crippen molar-refractivity contribution in [3.63, 3.8) is 0 Å². The maximum absolute atomic E-state index is 13.6. The van der Waals surface area contributed by atoms with Gasteiger partial charge in [0.25, 0.3) is 5.56 Å². The summed E-state index contributed by atoms with van der Waals surface area (Å²) in [5, 5.41) is 0.102. The van der Waals surface area contributed by atoms with Gasteiger partial charge in [0.1, 0.15) is 5.15 Å². The molecule has 0 aromatic carbocycles. The Hall–Kier alpha value is -1.96. The summed E-state index contributed by atoms with van der Waals surface area (Å²) >= 11 is 5.96. The van der Waals surface area contributed by atoms with Crippen LogP contribution in [0.3, 0.4) is 0 Å². The fourth-order valence-corrected chi connectivity index (χ4v) is 2.29. The molecule has 2 heterocycles. The third-order valence-electron chi connectivity index (χ3n) is 3.00. The predicted octanol–water partition coefficient (Wildman–Crippen LogP) is 3.11. The van der Waals surface area contributed by atoms with Crippen molar-refractivity contribution >= 4 is 11.6 Å². The minimum Gasteiger partial charge on any atom is -0.292 e. The zero-order chi connectivity index (χ0) is 16.7. The van der Waals surface area contributed by atoms with Gasteiger partial charge in [-0.15, -0.1) is 0 Å². The number of nitrogens with zero attached hydrogens (tertiary/aromatic N) is 3. The molecule has 0 amide bonds. The molecule has 0 aliphatic heterocycles. The molecular weight excluding hydrogens is 326 g/mol. The average molecular weight is 336 g/mol. The van der Waals surface area contributed by atoms with E-state index in [9.17, 15) is 22.4 Å². The van der Waals surface area contributed by atoms with Crippen LogP contribution in [-0.4, -0.2) is 14.5 Å². The van der Waals surface area contributed by atoms with Gasteiger partial charge in [-0.1, -0.05) is 11.6 Å². The molecule has 2 rings (SSSR count). The molecule has 22 heavy (non-hydrogen) atoms. The van der Waals surface area contributed by atoms with Gasteiger partial charge in [0.2, 0.25) is 5.82 Å². The molecule has 0 aliphatic carbocycles. The average Bonchev–Trinajstić information content (AvgIpc) is 2.36. The first-order valence-electron chi connectivity index (χ1n) is 6.06. The van der Waals surface area contributed by atoms with Crippen molar-refractivity contribution < 1.29 is 17.6 Å². The number of pyridine rings is 1. The van der Waals surface area contributed by atoms with Gasteiger partial charge in [0.05, 0.1) is 12.9 Å². The summed E-state index contributed by atoms with van der Waals surface area (Å²) in [7, 11) is 0. The first-order valence-corrected chi connectivity index (χ1v) is 6.43. The number of hydrogen-bond donors (Lipinski definition) is 0. The van der Waals surface area contributed by atoms with Crippen LogP contribution >= 0.6 is 11.6 Å². The topological polar surface area (TPSA) is 47.8 Å². The minimum absolute atomic E-state index is 0.102. The van der Waals surface area contributed by atoms with E-state index in [-0.39, 0.29) is 11.7 Å². The van der Waals surface area contributed by atoms with Gasteiger partial charge in [0.15, 0.2) is 5.69 Å². The van der Waals surface area contributed by atoms with Crippen molar-refractivity contribution in [3.05, 3.63) is 56.2 Å². The summed E-state index contributed by atoms with van der Waals surface area (Å²) in [5.41, 5.74) is -1.51. The molecule has 2 aromatic heterocycles. The van der Waals surface area contributed by atoms with Crippen molar-refractivity contribution in [1.29, 1.82) is 0 Å². The zero-order valence-electron chi connectivity index (χ0n) is 11.5. The Balaban J connectivity index is 2.49. The largest absolute Gasteiger partial charge is 0.436 e. The number of alkyl halides is 3. The van der Waals surface area contributed by atoms with Crippen molar-refractivity contribution in [2.75, 3.05) is 0 Å². The first kappa shape index (κ1) is 16.4. The Morgan fingerprint density at radius 2 is 1.95 bits per heavy atom. The minimum atomic E-state index is -5.03. The Morgan fingerprint density at radius 1 is 1.32 bits per heavy atom. The molecule has 4 nitrogen and oxygen atoms in total. The fourth-order valence-electron chi connectivity index (χ4n) is 1.95. The summed E-state index contributed by atoms with van der Waals surface area (Å²) in [6, 6.07) is 1.69. The van der Waals surface area contributed by atoms with Gasteiger partial charge in [-0.3, -0.25) is 9.36 Å². The van der Waals surface area contributed by atoms with Crippen molar-refractivity contribution in [3.8, 4) is 0 Å².